The van der Waals surface area contributed by atoms with Crippen molar-refractivity contribution in [2.75, 3.05) is 4.90 Å². The summed E-state index contributed by atoms with van der Waals surface area (Å²) in [5.41, 5.74) is 1.64. The molecule has 158 valence electrons. The zero-order valence-electron chi connectivity index (χ0n) is 16.8. The summed E-state index contributed by atoms with van der Waals surface area (Å²) in [6.45, 7) is 5.90. The van der Waals surface area contributed by atoms with Crippen molar-refractivity contribution in [1.82, 2.24) is 30.4 Å². The molecule has 3 aromatic rings. The highest BCUT2D eigenvalue weighted by Crippen LogP contribution is 2.24. The fourth-order valence-corrected chi connectivity index (χ4v) is 3.39. The van der Waals surface area contributed by atoms with Gasteiger partial charge in [0.15, 0.2) is 5.84 Å². The number of hydrogen-bond donors (Lipinski definition) is 4. The van der Waals surface area contributed by atoms with Crippen LogP contribution >= 0.6 is 0 Å². The van der Waals surface area contributed by atoms with Crippen molar-refractivity contribution in [2.45, 2.75) is 19.4 Å². The number of anilines is 1. The number of carbonyl (C=O) groups excluding carboxylic acids is 1. The molecule has 0 spiro atoms. The van der Waals surface area contributed by atoms with Gasteiger partial charge in [-0.15, -0.1) is 0 Å². The van der Waals surface area contributed by atoms with Crippen molar-refractivity contribution in [1.29, 1.82) is 5.41 Å². The van der Waals surface area contributed by atoms with Crippen LogP contribution in [0.15, 0.2) is 67.5 Å². The Morgan fingerprint density at radius 2 is 2.16 bits per heavy atom. The van der Waals surface area contributed by atoms with E-state index < -0.39 is 6.04 Å². The number of nitrogens with zero attached hydrogens (tertiary/aromatic N) is 4. The van der Waals surface area contributed by atoms with Crippen LogP contribution in [-0.4, -0.2) is 37.5 Å². The molecule has 1 saturated heterocycles. The summed E-state index contributed by atoms with van der Waals surface area (Å²) in [6, 6.07) is 5.47. The minimum Gasteiger partial charge on any atom is -0.346 e. The number of aromatic amines is 1. The molecule has 31 heavy (non-hydrogen) atoms. The van der Waals surface area contributed by atoms with Gasteiger partial charge < -0.3 is 15.5 Å². The fourth-order valence-electron chi connectivity index (χ4n) is 3.39. The number of carbonyl (C=O) groups is 1. The van der Waals surface area contributed by atoms with Gasteiger partial charge in [0.25, 0.3) is 0 Å². The zero-order valence-corrected chi connectivity index (χ0v) is 16.8. The highest BCUT2D eigenvalue weighted by atomic mass is 19.1. The number of nitrogens with one attached hydrogen (secondary N) is 4. The molecule has 4 rings (SSSR count). The van der Waals surface area contributed by atoms with Gasteiger partial charge in [0.2, 0.25) is 5.91 Å². The van der Waals surface area contributed by atoms with E-state index in [-0.39, 0.29) is 17.6 Å². The molecule has 1 aliphatic rings. The topological polar surface area (TPSA) is 115 Å². The van der Waals surface area contributed by atoms with Gasteiger partial charge in [0.1, 0.15) is 29.2 Å². The van der Waals surface area contributed by atoms with Crippen LogP contribution in [0.25, 0.3) is 17.2 Å². The Bertz CT molecular complexity index is 1150. The molecule has 0 unspecified atom stereocenters. The van der Waals surface area contributed by atoms with Gasteiger partial charge in [-0.05, 0) is 30.7 Å². The van der Waals surface area contributed by atoms with Gasteiger partial charge in [-0.1, -0.05) is 13.5 Å². The van der Waals surface area contributed by atoms with Gasteiger partial charge >= 0.3 is 0 Å². The van der Waals surface area contributed by atoms with Crippen LogP contribution < -0.4 is 15.5 Å². The van der Waals surface area contributed by atoms with E-state index in [2.05, 4.69) is 32.4 Å². The first-order valence-electron chi connectivity index (χ1n) is 9.62. The first kappa shape index (κ1) is 20.1. The average Bonchev–Trinajstić information content (AvgIpc) is 3.46. The highest BCUT2D eigenvalue weighted by Gasteiger charge is 2.35. The number of hydrogen-bond acceptors (Lipinski definition) is 5. The molecular weight excluding hydrogens is 399 g/mol. The Morgan fingerprint density at radius 1 is 1.39 bits per heavy atom. The van der Waals surface area contributed by atoms with Crippen molar-refractivity contribution in [3.05, 3.63) is 73.3 Å². The number of halogens is 1. The normalized spacial score (nSPS) is 17.7. The van der Waals surface area contributed by atoms with Gasteiger partial charge in [-0.3, -0.25) is 19.9 Å². The average molecular weight is 420 g/mol. The maximum atomic E-state index is 13.2. The number of rotatable bonds is 6. The first-order chi connectivity index (χ1) is 15.0. The van der Waals surface area contributed by atoms with E-state index >= 15 is 0 Å². The Kier molecular flexibility index (Phi) is 5.35. The third kappa shape index (κ3) is 3.82. The number of piperazine rings is 1. The molecule has 3 heterocycles. The van der Waals surface area contributed by atoms with Crippen molar-refractivity contribution in [3.8, 4) is 11.4 Å². The first-order valence-corrected chi connectivity index (χ1v) is 9.62. The van der Waals surface area contributed by atoms with Crippen LogP contribution in [0.4, 0.5) is 10.1 Å². The van der Waals surface area contributed by atoms with E-state index in [9.17, 15) is 9.18 Å². The van der Waals surface area contributed by atoms with E-state index in [1.807, 2.05) is 6.92 Å². The minimum atomic E-state index is -0.510. The van der Waals surface area contributed by atoms with Crippen LogP contribution in [0.5, 0.6) is 0 Å². The van der Waals surface area contributed by atoms with E-state index in [1.165, 1.54) is 18.3 Å². The smallest absolute Gasteiger partial charge is 0.247 e. The van der Waals surface area contributed by atoms with Gasteiger partial charge in [0.05, 0.1) is 11.9 Å². The third-order valence-corrected chi connectivity index (χ3v) is 4.93. The zero-order chi connectivity index (χ0) is 22.0. The fraction of sp³-hybridized carbons (Fsp3) is 0.143. The number of benzene rings is 1. The summed E-state index contributed by atoms with van der Waals surface area (Å²) >= 11 is 0. The minimum absolute atomic E-state index is 0.123. The number of imidazole rings is 1. The Labute approximate surface area is 177 Å². The van der Waals surface area contributed by atoms with Crippen molar-refractivity contribution < 1.29 is 9.18 Å². The second-order valence-corrected chi connectivity index (χ2v) is 6.87. The molecule has 4 N–H and O–H groups in total. The lowest BCUT2D eigenvalue weighted by Gasteiger charge is -2.36. The van der Waals surface area contributed by atoms with Crippen LogP contribution in [0.3, 0.4) is 0 Å². The molecule has 0 radical (unpaired) electrons. The summed E-state index contributed by atoms with van der Waals surface area (Å²) in [6.07, 6.45) is 8.57. The lowest BCUT2D eigenvalue weighted by molar-refractivity contribution is -0.121. The van der Waals surface area contributed by atoms with Crippen LogP contribution in [0, 0.1) is 11.2 Å². The Hall–Kier alpha value is -4.21. The molecule has 1 aliphatic heterocycles. The van der Waals surface area contributed by atoms with E-state index in [0.29, 0.717) is 29.5 Å². The van der Waals surface area contributed by atoms with E-state index in [0.717, 1.165) is 5.56 Å². The molecule has 1 fully saturated rings. The summed E-state index contributed by atoms with van der Waals surface area (Å²) in [4.78, 5) is 18.5. The molecule has 1 atom stereocenters. The lowest BCUT2D eigenvalue weighted by Crippen LogP contribution is -2.57. The van der Waals surface area contributed by atoms with Crippen LogP contribution in [0.1, 0.15) is 13.3 Å². The predicted molar refractivity (Wildman–Crippen MR) is 115 cm³/mol. The van der Waals surface area contributed by atoms with Crippen molar-refractivity contribution >= 4 is 23.3 Å². The molecule has 10 heteroatoms. The van der Waals surface area contributed by atoms with Crippen LogP contribution in [0.2, 0.25) is 0 Å². The molecule has 1 aromatic carbocycles. The summed E-state index contributed by atoms with van der Waals surface area (Å²) in [7, 11) is 0. The highest BCUT2D eigenvalue weighted by molar-refractivity contribution is 6.16. The molecule has 2 aromatic heterocycles. The number of amidine groups is 1. The van der Waals surface area contributed by atoms with E-state index in [4.69, 9.17) is 5.41 Å². The SMILES string of the molecule is C=C(NC=C1NC(=O)[C@@H](CC)N(c2cn[nH]c2)C1=N)n1ccnc1-c1ccc(F)cc1. The van der Waals surface area contributed by atoms with E-state index in [1.54, 1.807) is 46.4 Å². The molecule has 0 bridgehead atoms. The van der Waals surface area contributed by atoms with Gasteiger partial charge in [0, 0.05) is 30.4 Å². The summed E-state index contributed by atoms with van der Waals surface area (Å²) < 4.78 is 14.9. The Morgan fingerprint density at radius 3 is 2.84 bits per heavy atom. The molecule has 0 aliphatic carbocycles. The standard InChI is InChI=1S/C21H21FN8O/c1-3-18-21(31)28-17(19(23)30(18)16-10-26-27-11-16)12-25-13(2)29-9-8-24-20(29)14-4-6-15(22)7-5-14/h4-12,18,23,25H,2-3H2,1H3,(H,26,27)(H,28,31)/t18-/m1/s1. The predicted octanol–water partition coefficient (Wildman–Crippen LogP) is 2.66. The largest absolute Gasteiger partial charge is 0.346 e. The lowest BCUT2D eigenvalue weighted by atomic mass is 10.1. The molecule has 9 nitrogen and oxygen atoms in total. The summed E-state index contributed by atoms with van der Waals surface area (Å²) in [5, 5.41) is 21.0. The van der Waals surface area contributed by atoms with Crippen LogP contribution in [-0.2, 0) is 4.79 Å². The third-order valence-electron chi connectivity index (χ3n) is 4.93. The number of H-pyrrole nitrogens is 1. The summed E-state index contributed by atoms with van der Waals surface area (Å²) in [5.74, 6) is 0.594. The number of aromatic nitrogens is 4. The maximum Gasteiger partial charge on any atom is 0.247 e. The second-order valence-electron chi connectivity index (χ2n) is 6.87. The second kappa shape index (κ2) is 8.27. The number of amides is 1. The van der Waals surface area contributed by atoms with Crippen molar-refractivity contribution in [3.63, 3.8) is 0 Å². The van der Waals surface area contributed by atoms with Gasteiger partial charge in [-0.25, -0.2) is 9.37 Å². The molecular formula is C21H21FN8O. The molecule has 0 saturated carbocycles. The monoisotopic (exact) mass is 420 g/mol. The van der Waals surface area contributed by atoms with Crippen molar-refractivity contribution in [2.24, 2.45) is 0 Å². The van der Waals surface area contributed by atoms with Gasteiger partial charge in [-0.2, -0.15) is 5.10 Å². The Balaban J connectivity index is 1.57. The quantitative estimate of drug-likeness (QED) is 0.490. The molecule has 1 amide bonds. The maximum absolute atomic E-state index is 13.2.